The number of fused-ring (bicyclic) bond motifs is 3. The Kier molecular flexibility index (Phi) is 4.82. The first-order valence-corrected chi connectivity index (χ1v) is 9.20. The lowest BCUT2D eigenvalue weighted by Gasteiger charge is -2.09. The van der Waals surface area contributed by atoms with Crippen molar-refractivity contribution in [3.05, 3.63) is 53.8 Å². The van der Waals surface area contributed by atoms with Crippen LogP contribution in [0.2, 0.25) is 0 Å². The largest absolute Gasteiger partial charge is 0.416 e. The Morgan fingerprint density at radius 3 is 2.76 bits per heavy atom. The van der Waals surface area contributed by atoms with Crippen LogP contribution in [0.1, 0.15) is 5.56 Å². The standard InChI is InChI=1S/C18H11F4N5OS/c19-10-4-5-13-12(7-10)15-16(24-13)25-17(27-26-15)29-8-14(28)23-11-3-1-2-9(6-11)18(20,21)22/h1-7H,8H2,(H,23,28)(H,24,25,27). The van der Waals surface area contributed by atoms with Crippen LogP contribution in [0, 0.1) is 5.82 Å². The van der Waals surface area contributed by atoms with Crippen molar-refractivity contribution in [1.29, 1.82) is 0 Å². The van der Waals surface area contributed by atoms with Crippen LogP contribution in [0.4, 0.5) is 23.2 Å². The number of nitrogens with zero attached hydrogens (tertiary/aromatic N) is 3. The minimum absolute atomic E-state index is 0.0394. The first kappa shape index (κ1) is 19.1. The molecule has 11 heteroatoms. The average molecular weight is 421 g/mol. The molecule has 29 heavy (non-hydrogen) atoms. The van der Waals surface area contributed by atoms with Gasteiger partial charge >= 0.3 is 6.18 Å². The second-order valence-electron chi connectivity index (χ2n) is 6.02. The molecule has 2 heterocycles. The Labute approximate surface area is 164 Å². The molecule has 0 saturated heterocycles. The fourth-order valence-corrected chi connectivity index (χ4v) is 3.28. The van der Waals surface area contributed by atoms with Crippen molar-refractivity contribution in [3.8, 4) is 0 Å². The molecule has 0 saturated carbocycles. The van der Waals surface area contributed by atoms with Crippen molar-refractivity contribution in [3.63, 3.8) is 0 Å². The quantitative estimate of drug-likeness (QED) is 0.377. The summed E-state index contributed by atoms with van der Waals surface area (Å²) in [5.41, 5.74) is 0.625. The second kappa shape index (κ2) is 7.32. The molecule has 2 aromatic carbocycles. The maximum Gasteiger partial charge on any atom is 0.416 e. The fraction of sp³-hybridized carbons (Fsp3) is 0.111. The van der Waals surface area contributed by atoms with Gasteiger partial charge in [-0.25, -0.2) is 9.37 Å². The van der Waals surface area contributed by atoms with Crippen LogP contribution in [0.15, 0.2) is 47.6 Å². The van der Waals surface area contributed by atoms with Crippen LogP contribution in [0.3, 0.4) is 0 Å². The molecule has 0 fully saturated rings. The molecule has 2 N–H and O–H groups in total. The third kappa shape index (κ3) is 4.14. The molecular formula is C18H11F4N5OS. The Balaban J connectivity index is 1.45. The number of carbonyl (C=O) groups is 1. The van der Waals surface area contributed by atoms with E-state index in [1.54, 1.807) is 6.07 Å². The maximum absolute atomic E-state index is 13.4. The number of halogens is 4. The smallest absolute Gasteiger partial charge is 0.338 e. The van der Waals surface area contributed by atoms with Crippen molar-refractivity contribution in [1.82, 2.24) is 20.2 Å². The van der Waals surface area contributed by atoms with E-state index in [1.165, 1.54) is 24.3 Å². The average Bonchev–Trinajstić information content (AvgIpc) is 3.03. The van der Waals surface area contributed by atoms with Crippen LogP contribution in [0.25, 0.3) is 22.1 Å². The van der Waals surface area contributed by atoms with Gasteiger partial charge < -0.3 is 10.3 Å². The summed E-state index contributed by atoms with van der Waals surface area (Å²) < 4.78 is 51.6. The number of aromatic amines is 1. The molecule has 1 amide bonds. The number of thioether (sulfide) groups is 1. The molecule has 0 aliphatic rings. The van der Waals surface area contributed by atoms with Gasteiger partial charge in [-0.1, -0.05) is 17.8 Å². The summed E-state index contributed by atoms with van der Waals surface area (Å²) in [6.45, 7) is 0. The molecule has 0 aliphatic heterocycles. The number of nitrogens with one attached hydrogen (secondary N) is 2. The zero-order chi connectivity index (χ0) is 20.6. The third-order valence-corrected chi connectivity index (χ3v) is 4.80. The molecule has 2 aromatic heterocycles. The maximum atomic E-state index is 13.4. The summed E-state index contributed by atoms with van der Waals surface area (Å²) in [6, 6.07) is 8.54. The monoisotopic (exact) mass is 421 g/mol. The predicted octanol–water partition coefficient (Wildman–Crippen LogP) is 4.39. The number of hydrogen-bond donors (Lipinski definition) is 2. The number of anilines is 1. The van der Waals surface area contributed by atoms with Crippen LogP contribution in [0.5, 0.6) is 0 Å². The normalized spacial score (nSPS) is 11.9. The van der Waals surface area contributed by atoms with E-state index >= 15 is 0 Å². The first-order chi connectivity index (χ1) is 13.8. The first-order valence-electron chi connectivity index (χ1n) is 8.21. The lowest BCUT2D eigenvalue weighted by atomic mass is 10.2. The Morgan fingerprint density at radius 2 is 1.97 bits per heavy atom. The van der Waals surface area contributed by atoms with E-state index in [4.69, 9.17) is 0 Å². The highest BCUT2D eigenvalue weighted by Crippen LogP contribution is 2.30. The van der Waals surface area contributed by atoms with E-state index in [0.717, 1.165) is 23.9 Å². The van der Waals surface area contributed by atoms with Crippen molar-refractivity contribution in [2.24, 2.45) is 0 Å². The van der Waals surface area contributed by atoms with Gasteiger partial charge in [0.25, 0.3) is 0 Å². The second-order valence-corrected chi connectivity index (χ2v) is 6.96. The van der Waals surface area contributed by atoms with Gasteiger partial charge in [0.2, 0.25) is 11.1 Å². The summed E-state index contributed by atoms with van der Waals surface area (Å²) in [6.07, 6.45) is -4.49. The van der Waals surface area contributed by atoms with Crippen LogP contribution in [-0.2, 0) is 11.0 Å². The fourth-order valence-electron chi connectivity index (χ4n) is 2.69. The number of amides is 1. The Bertz CT molecular complexity index is 1220. The van der Waals surface area contributed by atoms with E-state index in [1.807, 2.05) is 0 Å². The van der Waals surface area contributed by atoms with Crippen molar-refractivity contribution in [2.75, 3.05) is 11.1 Å². The van der Waals surface area contributed by atoms with Crippen molar-refractivity contribution < 1.29 is 22.4 Å². The van der Waals surface area contributed by atoms with Crippen molar-refractivity contribution >= 4 is 45.4 Å². The number of aromatic nitrogens is 4. The molecule has 4 aromatic rings. The lowest BCUT2D eigenvalue weighted by molar-refractivity contribution is -0.137. The highest BCUT2D eigenvalue weighted by Gasteiger charge is 2.30. The number of carbonyl (C=O) groups excluding carboxylic acids is 1. The number of hydrogen-bond acceptors (Lipinski definition) is 5. The summed E-state index contributed by atoms with van der Waals surface area (Å²) in [5, 5.41) is 11.1. The summed E-state index contributed by atoms with van der Waals surface area (Å²) in [4.78, 5) is 19.3. The van der Waals surface area contributed by atoms with E-state index < -0.39 is 23.5 Å². The topological polar surface area (TPSA) is 83.6 Å². The molecule has 0 bridgehead atoms. The number of H-pyrrole nitrogens is 1. The summed E-state index contributed by atoms with van der Waals surface area (Å²) in [5.74, 6) is -1.06. The van der Waals surface area contributed by atoms with Gasteiger partial charge in [0.1, 0.15) is 11.3 Å². The van der Waals surface area contributed by atoms with Gasteiger partial charge in [0.05, 0.1) is 11.3 Å². The number of rotatable bonds is 4. The SMILES string of the molecule is O=C(CSc1nnc2c(n1)[nH]c1ccc(F)cc12)Nc1cccc(C(F)(F)F)c1. The van der Waals surface area contributed by atoms with Crippen LogP contribution < -0.4 is 5.32 Å². The van der Waals surface area contributed by atoms with E-state index in [0.29, 0.717) is 22.1 Å². The van der Waals surface area contributed by atoms with E-state index in [9.17, 15) is 22.4 Å². The molecule has 0 spiro atoms. The van der Waals surface area contributed by atoms with Gasteiger partial charge in [0.15, 0.2) is 5.65 Å². The van der Waals surface area contributed by atoms with Gasteiger partial charge in [-0.2, -0.15) is 13.2 Å². The highest BCUT2D eigenvalue weighted by molar-refractivity contribution is 7.99. The van der Waals surface area contributed by atoms with Gasteiger partial charge in [-0.3, -0.25) is 4.79 Å². The van der Waals surface area contributed by atoms with Crippen LogP contribution >= 0.6 is 11.8 Å². The number of benzene rings is 2. The lowest BCUT2D eigenvalue weighted by Crippen LogP contribution is -2.15. The highest BCUT2D eigenvalue weighted by atomic mass is 32.2. The molecule has 0 aliphatic carbocycles. The minimum atomic E-state index is -4.49. The summed E-state index contributed by atoms with van der Waals surface area (Å²) in [7, 11) is 0. The molecule has 6 nitrogen and oxygen atoms in total. The van der Waals surface area contributed by atoms with Gasteiger partial charge in [0, 0.05) is 16.6 Å². The van der Waals surface area contributed by atoms with E-state index in [2.05, 4.69) is 25.5 Å². The van der Waals surface area contributed by atoms with Crippen LogP contribution in [-0.4, -0.2) is 31.8 Å². The minimum Gasteiger partial charge on any atom is -0.338 e. The Hall–Kier alpha value is -3.21. The number of alkyl halides is 3. The zero-order valence-electron chi connectivity index (χ0n) is 14.4. The zero-order valence-corrected chi connectivity index (χ0v) is 15.2. The molecule has 148 valence electrons. The molecule has 0 unspecified atom stereocenters. The molecule has 4 rings (SSSR count). The molecule has 0 atom stereocenters. The Morgan fingerprint density at radius 1 is 1.14 bits per heavy atom. The summed E-state index contributed by atoms with van der Waals surface area (Å²) >= 11 is 0.972. The molecular weight excluding hydrogens is 410 g/mol. The van der Waals surface area contributed by atoms with E-state index in [-0.39, 0.29) is 16.6 Å². The molecule has 0 radical (unpaired) electrons. The van der Waals surface area contributed by atoms with Gasteiger partial charge in [-0.15, -0.1) is 10.2 Å². The van der Waals surface area contributed by atoms with Gasteiger partial charge in [-0.05, 0) is 36.4 Å². The van der Waals surface area contributed by atoms with Crippen molar-refractivity contribution in [2.45, 2.75) is 11.3 Å². The predicted molar refractivity (Wildman–Crippen MR) is 99.9 cm³/mol. The third-order valence-electron chi connectivity index (χ3n) is 3.96.